The number of amides is 1. The molecule has 9 heteroatoms. The molecule has 1 heterocycles. The summed E-state index contributed by atoms with van der Waals surface area (Å²) in [5.41, 5.74) is 3.61. The van der Waals surface area contributed by atoms with E-state index < -0.39 is 26.8 Å². The normalized spacial score (nSPS) is 23.3. The highest BCUT2D eigenvalue weighted by molar-refractivity contribution is 7.90. The molecule has 2 N–H and O–H groups in total. The number of anilines is 1. The molecule has 1 aliphatic heterocycles. The van der Waals surface area contributed by atoms with Crippen LogP contribution in [0.5, 0.6) is 5.75 Å². The lowest BCUT2D eigenvalue weighted by Crippen LogP contribution is -2.53. The lowest BCUT2D eigenvalue weighted by Gasteiger charge is -2.50. The summed E-state index contributed by atoms with van der Waals surface area (Å²) in [4.78, 5) is 15.6. The van der Waals surface area contributed by atoms with Crippen LogP contribution in [-0.2, 0) is 28.3 Å². The smallest absolute Gasteiger partial charge is 0.264 e. The number of halogens is 1. The van der Waals surface area contributed by atoms with Gasteiger partial charge in [0.2, 0.25) is 10.0 Å². The fraction of sp³-hybridized carbons (Fsp3) is 0.513. The van der Waals surface area contributed by atoms with Gasteiger partial charge in [0.1, 0.15) is 5.75 Å². The Kier molecular flexibility index (Phi) is 10.2. The van der Waals surface area contributed by atoms with Crippen molar-refractivity contribution in [2.24, 2.45) is 11.8 Å². The number of carbonyl (C=O) groups is 1. The molecule has 0 bridgehead atoms. The highest BCUT2D eigenvalue weighted by Crippen LogP contribution is 2.49. The lowest BCUT2D eigenvalue weighted by molar-refractivity contribution is -0.0875. The van der Waals surface area contributed by atoms with E-state index in [0.29, 0.717) is 31.9 Å². The molecular formula is C39H49ClN2O5S. The summed E-state index contributed by atoms with van der Waals surface area (Å²) in [6.07, 6.45) is 8.28. The number of nitrogens with zero attached hydrogens (tertiary/aromatic N) is 1. The molecule has 0 aromatic heterocycles. The van der Waals surface area contributed by atoms with Crippen molar-refractivity contribution in [3.05, 3.63) is 94.0 Å². The number of fused-ring (bicyclic) bond motifs is 3. The van der Waals surface area contributed by atoms with Crippen LogP contribution in [0.25, 0.3) is 0 Å². The SMILES string of the molecule is CCCC[C@@](O)(Cc1ccccc1)[C@@H]1CC[C@H]1CN1C[C@@]2(CCCc3cc(Cl)ccc32)COc2ccc(C(=O)NS(=O)(=O)C(C)C)cc21. The molecule has 7 nitrogen and oxygen atoms in total. The summed E-state index contributed by atoms with van der Waals surface area (Å²) in [6, 6.07) is 21.7. The molecule has 1 amide bonds. The third-order valence-corrected chi connectivity index (χ3v) is 13.0. The van der Waals surface area contributed by atoms with E-state index >= 15 is 0 Å². The average Bonchev–Trinajstić information content (AvgIpc) is 3.19. The summed E-state index contributed by atoms with van der Waals surface area (Å²) in [6.45, 7) is 7.13. The molecule has 4 atom stereocenters. The average molecular weight is 693 g/mol. The fourth-order valence-electron chi connectivity index (χ4n) is 8.18. The molecule has 2 aliphatic carbocycles. The summed E-state index contributed by atoms with van der Waals surface area (Å²) in [5.74, 6) is 0.401. The van der Waals surface area contributed by atoms with Gasteiger partial charge in [-0.05, 0) is 111 Å². The van der Waals surface area contributed by atoms with Crippen molar-refractivity contribution in [3.8, 4) is 5.75 Å². The number of hydrogen-bond donors (Lipinski definition) is 2. The van der Waals surface area contributed by atoms with Crippen LogP contribution < -0.4 is 14.4 Å². The first-order valence-electron chi connectivity index (χ1n) is 17.6. The van der Waals surface area contributed by atoms with Gasteiger partial charge in [0, 0.05) is 35.5 Å². The monoisotopic (exact) mass is 692 g/mol. The molecule has 1 saturated carbocycles. The van der Waals surface area contributed by atoms with Crippen molar-refractivity contribution in [1.29, 1.82) is 0 Å². The second-order valence-corrected chi connectivity index (χ2v) is 17.3. The number of carbonyl (C=O) groups excluding carboxylic acids is 1. The first-order valence-corrected chi connectivity index (χ1v) is 19.5. The van der Waals surface area contributed by atoms with Gasteiger partial charge in [0.05, 0.1) is 23.1 Å². The van der Waals surface area contributed by atoms with Gasteiger partial charge in [0.15, 0.2) is 0 Å². The molecule has 1 fully saturated rings. The Morgan fingerprint density at radius 3 is 2.62 bits per heavy atom. The van der Waals surface area contributed by atoms with Crippen LogP contribution in [0, 0.1) is 11.8 Å². The van der Waals surface area contributed by atoms with Crippen molar-refractivity contribution >= 4 is 33.2 Å². The van der Waals surface area contributed by atoms with Crippen molar-refractivity contribution in [1.82, 2.24) is 4.72 Å². The highest BCUT2D eigenvalue weighted by Gasteiger charge is 2.48. The highest BCUT2D eigenvalue weighted by atomic mass is 35.5. The van der Waals surface area contributed by atoms with E-state index in [1.54, 1.807) is 32.0 Å². The third-order valence-electron chi connectivity index (χ3n) is 11.0. The number of ether oxygens (including phenoxy) is 1. The summed E-state index contributed by atoms with van der Waals surface area (Å²) < 4.78 is 34.1. The van der Waals surface area contributed by atoms with Gasteiger partial charge in [-0.3, -0.25) is 4.79 Å². The van der Waals surface area contributed by atoms with Gasteiger partial charge in [-0.25, -0.2) is 13.1 Å². The van der Waals surface area contributed by atoms with E-state index in [-0.39, 0.29) is 22.8 Å². The van der Waals surface area contributed by atoms with E-state index in [2.05, 4.69) is 40.8 Å². The van der Waals surface area contributed by atoms with Crippen molar-refractivity contribution in [2.75, 3.05) is 24.6 Å². The summed E-state index contributed by atoms with van der Waals surface area (Å²) >= 11 is 6.45. The van der Waals surface area contributed by atoms with Crippen LogP contribution in [0.1, 0.15) is 92.8 Å². The predicted octanol–water partition coefficient (Wildman–Crippen LogP) is 7.47. The molecule has 0 unspecified atom stereocenters. The van der Waals surface area contributed by atoms with Crippen molar-refractivity contribution in [2.45, 2.75) is 94.8 Å². The zero-order valence-electron chi connectivity index (χ0n) is 28.4. The second-order valence-electron chi connectivity index (χ2n) is 14.6. The van der Waals surface area contributed by atoms with E-state index in [9.17, 15) is 18.3 Å². The minimum Gasteiger partial charge on any atom is -0.490 e. The number of aliphatic hydroxyl groups is 1. The zero-order valence-corrected chi connectivity index (χ0v) is 30.0. The fourth-order valence-corrected chi connectivity index (χ4v) is 8.98. The van der Waals surface area contributed by atoms with E-state index in [1.807, 2.05) is 24.3 Å². The summed E-state index contributed by atoms with van der Waals surface area (Å²) in [5, 5.41) is 12.4. The van der Waals surface area contributed by atoms with Gasteiger partial charge in [-0.15, -0.1) is 0 Å². The van der Waals surface area contributed by atoms with Crippen LogP contribution >= 0.6 is 11.6 Å². The largest absolute Gasteiger partial charge is 0.490 e. The zero-order chi connectivity index (χ0) is 34.1. The van der Waals surface area contributed by atoms with Crippen LogP contribution in [0.3, 0.4) is 0 Å². The Bertz CT molecular complexity index is 1730. The van der Waals surface area contributed by atoms with Crippen LogP contribution in [0.2, 0.25) is 5.02 Å². The van der Waals surface area contributed by atoms with E-state index in [0.717, 1.165) is 67.6 Å². The molecular weight excluding hydrogens is 644 g/mol. The molecule has 3 aromatic rings. The Morgan fingerprint density at radius 1 is 1.12 bits per heavy atom. The first kappa shape index (κ1) is 34.8. The van der Waals surface area contributed by atoms with Gasteiger partial charge < -0.3 is 14.7 Å². The quantitative estimate of drug-likeness (QED) is 0.217. The Balaban J connectivity index is 1.36. The number of nitrogens with one attached hydrogen (secondary N) is 1. The minimum atomic E-state index is -3.80. The maximum Gasteiger partial charge on any atom is 0.264 e. The molecule has 3 aliphatic rings. The molecule has 48 heavy (non-hydrogen) atoms. The molecule has 1 spiro atoms. The van der Waals surface area contributed by atoms with E-state index in [4.69, 9.17) is 16.3 Å². The van der Waals surface area contributed by atoms with Crippen molar-refractivity contribution < 1.29 is 23.1 Å². The predicted molar refractivity (Wildman–Crippen MR) is 193 cm³/mol. The van der Waals surface area contributed by atoms with Crippen LogP contribution in [-0.4, -0.2) is 50.0 Å². The number of unbranched alkanes of at least 4 members (excludes halogenated alkanes) is 1. The lowest BCUT2D eigenvalue weighted by atomic mass is 9.61. The number of aryl methyl sites for hydroxylation is 1. The Morgan fingerprint density at radius 2 is 1.92 bits per heavy atom. The van der Waals surface area contributed by atoms with Gasteiger partial charge in [0.25, 0.3) is 5.91 Å². The topological polar surface area (TPSA) is 95.9 Å². The molecule has 0 radical (unpaired) electrons. The molecule has 3 aromatic carbocycles. The maximum atomic E-state index is 13.3. The molecule has 0 saturated heterocycles. The number of rotatable bonds is 11. The maximum absolute atomic E-state index is 13.3. The molecule has 6 rings (SSSR count). The second kappa shape index (κ2) is 14.0. The van der Waals surface area contributed by atoms with Crippen LogP contribution in [0.15, 0.2) is 66.7 Å². The minimum absolute atomic E-state index is 0.132. The number of hydrogen-bond acceptors (Lipinski definition) is 6. The van der Waals surface area contributed by atoms with Gasteiger partial charge in [-0.1, -0.05) is 67.8 Å². The molecule has 258 valence electrons. The Labute approximate surface area is 291 Å². The first-order chi connectivity index (χ1) is 22.9. The summed E-state index contributed by atoms with van der Waals surface area (Å²) in [7, 11) is -3.80. The van der Waals surface area contributed by atoms with Crippen LogP contribution in [0.4, 0.5) is 5.69 Å². The standard InChI is InChI=1S/C39H49ClN2O5S/c1-4-5-20-39(44,23-28-10-7-6-8-11-28)34-16-13-31(34)24-42-25-38(19-9-12-29-21-32(40)15-17-33(29)38)26-47-36-18-14-30(22-35(36)42)37(43)41-48(45,46)27(2)3/h6-8,10-11,14-15,17-18,21-22,27,31,34,44H,4-5,9,12-13,16,19-20,23-26H2,1-3H3,(H,41,43)/t31-,34+,38-,39+/m0/s1. The van der Waals surface area contributed by atoms with Gasteiger partial charge in [-0.2, -0.15) is 0 Å². The van der Waals surface area contributed by atoms with Crippen molar-refractivity contribution in [3.63, 3.8) is 0 Å². The Hall–Kier alpha value is -3.07. The van der Waals surface area contributed by atoms with Gasteiger partial charge >= 0.3 is 0 Å². The third kappa shape index (κ3) is 7.12. The number of sulfonamides is 1. The number of benzene rings is 3. The van der Waals surface area contributed by atoms with E-state index in [1.165, 1.54) is 11.1 Å².